The van der Waals surface area contributed by atoms with Crippen molar-refractivity contribution in [3.8, 4) is 11.5 Å². The van der Waals surface area contributed by atoms with Crippen LogP contribution in [0.25, 0.3) is 0 Å². The summed E-state index contributed by atoms with van der Waals surface area (Å²) in [4.78, 5) is 0. The monoisotopic (exact) mass is 231 g/mol. The smallest absolute Gasteiger partial charge is 0.122 e. The molecule has 3 nitrogen and oxygen atoms in total. The van der Waals surface area contributed by atoms with Crippen molar-refractivity contribution in [3.63, 3.8) is 0 Å². The number of benzene rings is 1. The summed E-state index contributed by atoms with van der Waals surface area (Å²) < 4.78 is 85.8. The molecule has 0 fully saturated rings. The van der Waals surface area contributed by atoms with Crippen molar-refractivity contribution in [2.75, 3.05) is 20.7 Å². The van der Waals surface area contributed by atoms with Crippen molar-refractivity contribution in [2.45, 2.75) is 12.8 Å². The Balaban J connectivity index is 3.79. The van der Waals surface area contributed by atoms with E-state index in [1.807, 2.05) is 0 Å². The normalized spacial score (nSPS) is 20.3. The van der Waals surface area contributed by atoms with Gasteiger partial charge in [-0.05, 0) is 37.0 Å². The molecule has 2 N–H and O–H groups in total. The first-order valence-corrected chi connectivity index (χ1v) is 4.31. The molecule has 0 bridgehead atoms. The number of aryl methyl sites for hydroxylation is 1. The predicted molar refractivity (Wildman–Crippen MR) is 66.2 cm³/mol. The molecule has 16 heavy (non-hydrogen) atoms. The standard InChI is InChI=1S/C13H19NO2/c1-4-5-10-8-13(16-3)11(6-7-14)9-12(10)15-2/h4,8-9H,1,5-7,14H2,2-3H3/i1D2,2D,3D,4D,5D2,7D2,8D. The molecule has 0 amide bonds. The Hall–Kier alpha value is -1.48. The third kappa shape index (κ3) is 2.76. The van der Waals surface area contributed by atoms with E-state index in [0.29, 0.717) is 0 Å². The molecular weight excluding hydrogens is 202 g/mol. The quantitative estimate of drug-likeness (QED) is 0.761. The van der Waals surface area contributed by atoms with Gasteiger partial charge in [-0.1, -0.05) is 6.05 Å². The lowest BCUT2D eigenvalue weighted by molar-refractivity contribution is 0.395. The van der Waals surface area contributed by atoms with Gasteiger partial charge in [0.1, 0.15) is 11.5 Å². The number of hydrogen-bond acceptors (Lipinski definition) is 3. The average molecular weight is 231 g/mol. The molecule has 3 heteroatoms. The summed E-state index contributed by atoms with van der Waals surface area (Å²) in [5.41, 5.74) is 4.84. The molecule has 0 saturated heterocycles. The lowest BCUT2D eigenvalue weighted by Crippen LogP contribution is -2.05. The summed E-state index contributed by atoms with van der Waals surface area (Å²) in [7, 11) is -1.29. The van der Waals surface area contributed by atoms with Crippen molar-refractivity contribution in [3.05, 3.63) is 35.8 Å². The second-order valence-electron chi connectivity index (χ2n) is 2.78. The Morgan fingerprint density at radius 1 is 1.62 bits per heavy atom. The molecule has 0 aromatic heterocycles. The molecule has 0 aliphatic rings. The van der Waals surface area contributed by atoms with Gasteiger partial charge in [-0.25, -0.2) is 0 Å². The first kappa shape index (κ1) is 4.41. The number of allylic oxidation sites excluding steroid dienone is 1. The molecule has 0 heterocycles. The SMILES string of the molecule is [2H]COc1cc(CC([2H])([2H])N)c(OC[2H])c([2H])c1C([2H])([2H])C([2H])=C([2H])[2H]. The van der Waals surface area contributed by atoms with Gasteiger partial charge in [0, 0.05) is 11.0 Å². The van der Waals surface area contributed by atoms with Crippen LogP contribution in [-0.2, 0) is 12.8 Å². The van der Waals surface area contributed by atoms with Crippen LogP contribution in [0.3, 0.4) is 0 Å². The minimum atomic E-state index is -2.78. The van der Waals surface area contributed by atoms with Gasteiger partial charge in [0.2, 0.25) is 0 Å². The van der Waals surface area contributed by atoms with Crippen LogP contribution in [0.4, 0.5) is 0 Å². The van der Waals surface area contributed by atoms with E-state index in [0.717, 1.165) is 6.07 Å². The van der Waals surface area contributed by atoms with Gasteiger partial charge in [-0.2, -0.15) is 0 Å². The van der Waals surface area contributed by atoms with Gasteiger partial charge < -0.3 is 15.2 Å². The summed E-state index contributed by atoms with van der Waals surface area (Å²) in [6.45, 7) is -3.29. The number of nitrogens with two attached hydrogens (primary N) is 1. The summed E-state index contributed by atoms with van der Waals surface area (Å²) in [6.07, 6.45) is -3.21. The van der Waals surface area contributed by atoms with E-state index in [9.17, 15) is 0 Å². The third-order valence-corrected chi connectivity index (χ3v) is 1.86. The van der Waals surface area contributed by atoms with Crippen LogP contribution in [0.15, 0.2) is 24.7 Å². The van der Waals surface area contributed by atoms with E-state index < -0.39 is 57.7 Å². The maximum Gasteiger partial charge on any atom is 0.122 e. The summed E-state index contributed by atoms with van der Waals surface area (Å²) in [6, 6.07) is -0.519. The zero-order valence-electron chi connectivity index (χ0n) is 18.6. The van der Waals surface area contributed by atoms with Gasteiger partial charge in [-0.15, -0.1) is 6.53 Å². The van der Waals surface area contributed by atoms with E-state index in [1.54, 1.807) is 0 Å². The van der Waals surface area contributed by atoms with Crippen molar-refractivity contribution >= 4 is 0 Å². The van der Waals surface area contributed by atoms with E-state index in [2.05, 4.69) is 0 Å². The van der Waals surface area contributed by atoms with E-state index >= 15 is 0 Å². The highest BCUT2D eigenvalue weighted by Gasteiger charge is 2.09. The fourth-order valence-corrected chi connectivity index (χ4v) is 1.19. The summed E-state index contributed by atoms with van der Waals surface area (Å²) in [5.74, 6) is -0.632. The Morgan fingerprint density at radius 2 is 2.44 bits per heavy atom. The van der Waals surface area contributed by atoms with Crippen molar-refractivity contribution < 1.29 is 23.2 Å². The second kappa shape index (κ2) is 6.18. The maximum absolute atomic E-state index is 8.23. The van der Waals surface area contributed by atoms with Crippen LogP contribution >= 0.6 is 0 Å². The molecule has 88 valence electrons. The fourth-order valence-electron chi connectivity index (χ4n) is 1.19. The molecule has 0 radical (unpaired) electrons. The highest BCUT2D eigenvalue weighted by molar-refractivity contribution is 5.47. The molecule has 0 atom stereocenters. The summed E-state index contributed by atoms with van der Waals surface area (Å²) in [5, 5.41) is 0. The van der Waals surface area contributed by atoms with E-state index in [1.165, 1.54) is 0 Å². The Labute approximate surface area is 111 Å². The molecule has 1 rings (SSSR count). The molecule has 1 aromatic rings. The highest BCUT2D eigenvalue weighted by atomic mass is 16.5. The maximum atomic E-state index is 8.23. The summed E-state index contributed by atoms with van der Waals surface area (Å²) >= 11 is 0. The topological polar surface area (TPSA) is 44.5 Å². The third-order valence-electron chi connectivity index (χ3n) is 1.86. The minimum Gasteiger partial charge on any atom is -0.496 e. The van der Waals surface area contributed by atoms with Crippen LogP contribution in [0, 0.1) is 0 Å². The average Bonchev–Trinajstić information content (AvgIpc) is 2.48. The molecule has 0 aliphatic carbocycles. The first-order valence-electron chi connectivity index (χ1n) is 9.72. The molecule has 0 saturated carbocycles. The fraction of sp³-hybridized carbons (Fsp3) is 0.385. The molecule has 0 aliphatic heterocycles. The predicted octanol–water partition coefficient (Wildman–Crippen LogP) is 1.93. The Bertz CT molecular complexity index is 682. The molecule has 1 aromatic carbocycles. The number of ether oxygens (including phenoxy) is 2. The zero-order chi connectivity index (χ0) is 20.3. The van der Waals surface area contributed by atoms with E-state index in [4.69, 9.17) is 28.9 Å². The van der Waals surface area contributed by atoms with Gasteiger partial charge in [0.05, 0.1) is 22.4 Å². The van der Waals surface area contributed by atoms with Crippen LogP contribution in [0.1, 0.15) is 24.8 Å². The van der Waals surface area contributed by atoms with Crippen LogP contribution in [0.2, 0.25) is 0 Å². The second-order valence-corrected chi connectivity index (χ2v) is 2.78. The zero-order valence-corrected chi connectivity index (χ0v) is 8.59. The Kier molecular flexibility index (Phi) is 1.70. The van der Waals surface area contributed by atoms with Crippen molar-refractivity contribution in [1.82, 2.24) is 0 Å². The van der Waals surface area contributed by atoms with Gasteiger partial charge >= 0.3 is 0 Å². The van der Waals surface area contributed by atoms with Crippen LogP contribution < -0.4 is 15.2 Å². The number of rotatable bonds is 6. The van der Waals surface area contributed by atoms with Crippen LogP contribution in [0.5, 0.6) is 11.5 Å². The van der Waals surface area contributed by atoms with Gasteiger partial charge in [-0.3, -0.25) is 0 Å². The molecule has 0 spiro atoms. The lowest BCUT2D eigenvalue weighted by atomic mass is 10.0. The van der Waals surface area contributed by atoms with Gasteiger partial charge in [0.25, 0.3) is 0 Å². The molecular formula is C13H19NO2. The Morgan fingerprint density at radius 3 is 3.12 bits per heavy atom. The van der Waals surface area contributed by atoms with Gasteiger partial charge in [0.15, 0.2) is 0 Å². The largest absolute Gasteiger partial charge is 0.496 e. The first-order chi connectivity index (χ1) is 11.9. The van der Waals surface area contributed by atoms with Crippen molar-refractivity contribution in [2.24, 2.45) is 5.73 Å². The van der Waals surface area contributed by atoms with E-state index in [-0.39, 0.29) is 17.1 Å². The number of methoxy groups -OCH3 is 2. The highest BCUT2D eigenvalue weighted by Crippen LogP contribution is 2.29. The molecule has 0 unspecified atom stereocenters. The number of hydrogen-bond donors (Lipinski definition) is 1. The van der Waals surface area contributed by atoms with Crippen LogP contribution in [-0.4, -0.2) is 20.7 Å². The lowest BCUT2D eigenvalue weighted by Gasteiger charge is -2.13. The minimum absolute atomic E-state index is 0.0326. The van der Waals surface area contributed by atoms with Crippen molar-refractivity contribution in [1.29, 1.82) is 0 Å².